The van der Waals surface area contributed by atoms with Gasteiger partial charge in [-0.3, -0.25) is 9.32 Å². The average molecular weight is 529 g/mol. The lowest BCUT2D eigenvalue weighted by Crippen LogP contribution is -2.33. The number of allylic oxidation sites excluding steroid dienone is 1. The molecule has 1 unspecified atom stereocenters. The van der Waals surface area contributed by atoms with Crippen LogP contribution < -0.4 is 20.1 Å². The molecule has 0 aliphatic heterocycles. The fourth-order valence-corrected chi connectivity index (χ4v) is 5.71. The Bertz CT molecular complexity index is 1340. The van der Waals surface area contributed by atoms with Crippen LogP contribution in [0.2, 0.25) is 0 Å². The van der Waals surface area contributed by atoms with Crippen LogP contribution in [0.5, 0.6) is 11.6 Å². The first-order chi connectivity index (χ1) is 17.8. The number of hydrogen-bond donors (Lipinski definition) is 3. The van der Waals surface area contributed by atoms with Gasteiger partial charge in [-0.05, 0) is 44.7 Å². The van der Waals surface area contributed by atoms with E-state index >= 15 is 0 Å². The Morgan fingerprint density at radius 2 is 2.05 bits per heavy atom. The van der Waals surface area contributed by atoms with E-state index in [0.717, 1.165) is 19.3 Å². The van der Waals surface area contributed by atoms with Crippen molar-refractivity contribution in [3.8, 4) is 11.6 Å². The molecule has 0 saturated heterocycles. The van der Waals surface area contributed by atoms with Crippen LogP contribution in [0.4, 0.5) is 5.95 Å². The standard InChI is InChI=1S/C24H29N6O6P/c1-15(23(31)32)29-37(33,36-19-6-3-2-4-7-19)34-13-16-10-11-17(12-16)30-14-26-20-21(30)27-24(25)28-22(20)35-18-8-5-9-18/h2-4,6-7,10-11,14-18H,5,8-9,12-13H2,1H3,(H,29,33)(H,31,32)(H2,25,27,28)/t15?,16-,17+,37+/m1/s1. The van der Waals surface area contributed by atoms with Gasteiger partial charge in [0.1, 0.15) is 17.9 Å². The number of aliphatic carboxylic acids is 1. The second-order valence-electron chi connectivity index (χ2n) is 9.22. The molecule has 2 aliphatic carbocycles. The van der Waals surface area contributed by atoms with Crippen LogP contribution in [-0.4, -0.2) is 49.3 Å². The first-order valence-corrected chi connectivity index (χ1v) is 13.7. The third kappa shape index (κ3) is 5.76. The lowest BCUT2D eigenvalue weighted by molar-refractivity contribution is -0.138. The number of rotatable bonds is 11. The van der Waals surface area contributed by atoms with Crippen molar-refractivity contribution >= 4 is 30.8 Å². The van der Waals surface area contributed by atoms with Crippen molar-refractivity contribution in [3.05, 3.63) is 48.8 Å². The van der Waals surface area contributed by atoms with E-state index in [2.05, 4.69) is 20.0 Å². The highest BCUT2D eigenvalue weighted by atomic mass is 31.2. The van der Waals surface area contributed by atoms with E-state index in [0.29, 0.717) is 29.2 Å². The molecule has 12 nitrogen and oxygen atoms in total. The van der Waals surface area contributed by atoms with Crippen LogP contribution in [0.1, 0.15) is 38.6 Å². The van der Waals surface area contributed by atoms with Gasteiger partial charge in [0.25, 0.3) is 0 Å². The number of carbonyl (C=O) groups is 1. The summed E-state index contributed by atoms with van der Waals surface area (Å²) in [5.74, 6) is -0.469. The molecule has 4 N–H and O–H groups in total. The molecular weight excluding hydrogens is 499 g/mol. The highest BCUT2D eigenvalue weighted by molar-refractivity contribution is 7.52. The predicted molar refractivity (Wildman–Crippen MR) is 135 cm³/mol. The van der Waals surface area contributed by atoms with E-state index in [9.17, 15) is 14.5 Å². The van der Waals surface area contributed by atoms with Crippen molar-refractivity contribution in [3.63, 3.8) is 0 Å². The number of imidazole rings is 1. The largest absolute Gasteiger partial charge is 0.480 e. The molecule has 2 aromatic heterocycles. The molecule has 2 heterocycles. The van der Waals surface area contributed by atoms with Gasteiger partial charge < -0.3 is 24.7 Å². The summed E-state index contributed by atoms with van der Waals surface area (Å²) in [5, 5.41) is 11.8. The minimum absolute atomic E-state index is 0.0518. The number of hydrogen-bond acceptors (Lipinski definition) is 9. The zero-order chi connectivity index (χ0) is 26.0. The molecule has 37 heavy (non-hydrogen) atoms. The summed E-state index contributed by atoms with van der Waals surface area (Å²) in [7, 11) is -3.98. The number of anilines is 1. The Morgan fingerprint density at radius 3 is 2.76 bits per heavy atom. The first kappa shape index (κ1) is 25.2. The quantitative estimate of drug-likeness (QED) is 0.245. The van der Waals surface area contributed by atoms with E-state index < -0.39 is 19.8 Å². The fourth-order valence-electron chi connectivity index (χ4n) is 4.16. The van der Waals surface area contributed by atoms with Crippen molar-refractivity contribution in [1.29, 1.82) is 0 Å². The second kappa shape index (κ2) is 10.5. The fraction of sp³-hybridized carbons (Fsp3) is 0.417. The normalized spacial score (nSPS) is 21.9. The topological polar surface area (TPSA) is 164 Å². The minimum Gasteiger partial charge on any atom is -0.480 e. The Morgan fingerprint density at radius 1 is 1.27 bits per heavy atom. The van der Waals surface area contributed by atoms with Crippen molar-refractivity contribution in [2.45, 2.75) is 50.8 Å². The van der Waals surface area contributed by atoms with E-state index in [-0.39, 0.29) is 30.6 Å². The van der Waals surface area contributed by atoms with Crippen LogP contribution in [0.15, 0.2) is 48.8 Å². The molecule has 1 fully saturated rings. The van der Waals surface area contributed by atoms with Crippen LogP contribution >= 0.6 is 7.75 Å². The third-order valence-electron chi connectivity index (χ3n) is 6.39. The van der Waals surface area contributed by atoms with E-state index in [4.69, 9.17) is 19.5 Å². The van der Waals surface area contributed by atoms with Crippen molar-refractivity contribution < 1.29 is 28.3 Å². The SMILES string of the molecule is CC(N[P@](=O)(OC[C@@H]1C=C[C@H](n2cnc3c(OC4CCC4)nc(N)nc32)C1)Oc1ccccc1)C(=O)O. The number of aromatic nitrogens is 4. The van der Waals surface area contributed by atoms with Gasteiger partial charge in [-0.1, -0.05) is 30.4 Å². The van der Waals surface area contributed by atoms with Gasteiger partial charge in [0.15, 0.2) is 11.2 Å². The molecule has 196 valence electrons. The number of carboxylic acid groups (broad SMARTS) is 1. The van der Waals surface area contributed by atoms with Gasteiger partial charge in [-0.15, -0.1) is 0 Å². The van der Waals surface area contributed by atoms with Crippen LogP contribution in [0.3, 0.4) is 0 Å². The Hall–Kier alpha value is -3.47. The molecule has 0 bridgehead atoms. The lowest BCUT2D eigenvalue weighted by atomic mass is 9.96. The summed E-state index contributed by atoms with van der Waals surface area (Å²) < 4.78 is 32.6. The number of nitrogens with zero attached hydrogens (tertiary/aromatic N) is 4. The van der Waals surface area contributed by atoms with Gasteiger partial charge in [0.05, 0.1) is 19.0 Å². The number of carboxylic acids is 1. The van der Waals surface area contributed by atoms with E-state index in [1.165, 1.54) is 6.92 Å². The van der Waals surface area contributed by atoms with Crippen molar-refractivity contribution in [2.75, 3.05) is 12.3 Å². The smallest absolute Gasteiger partial charge is 0.459 e. The summed E-state index contributed by atoms with van der Waals surface area (Å²) >= 11 is 0. The maximum atomic E-state index is 13.4. The van der Waals surface area contributed by atoms with Gasteiger partial charge in [-0.2, -0.15) is 15.1 Å². The minimum atomic E-state index is -3.98. The average Bonchev–Trinajstić information content (AvgIpc) is 3.47. The zero-order valence-electron chi connectivity index (χ0n) is 20.3. The number of benzene rings is 1. The zero-order valence-corrected chi connectivity index (χ0v) is 21.2. The number of nitrogens with two attached hydrogens (primary N) is 1. The lowest BCUT2D eigenvalue weighted by Gasteiger charge is -2.25. The molecule has 5 rings (SSSR count). The van der Waals surface area contributed by atoms with Gasteiger partial charge in [-0.25, -0.2) is 9.55 Å². The molecule has 2 aliphatic rings. The molecule has 4 atom stereocenters. The maximum Gasteiger partial charge on any atom is 0.459 e. The molecule has 13 heteroatoms. The number of ether oxygens (including phenoxy) is 1. The Labute approximate surface area is 213 Å². The van der Waals surface area contributed by atoms with Gasteiger partial charge >= 0.3 is 13.7 Å². The number of fused-ring (bicyclic) bond motifs is 1. The van der Waals surface area contributed by atoms with Crippen LogP contribution in [0.25, 0.3) is 11.2 Å². The monoisotopic (exact) mass is 528 g/mol. The summed E-state index contributed by atoms with van der Waals surface area (Å²) in [4.78, 5) is 24.5. The Kier molecular flexibility index (Phi) is 7.14. The summed E-state index contributed by atoms with van der Waals surface area (Å²) in [6, 6.07) is 7.24. The highest BCUT2D eigenvalue weighted by Gasteiger charge is 2.33. The predicted octanol–water partition coefficient (Wildman–Crippen LogP) is 3.72. The van der Waals surface area contributed by atoms with Crippen LogP contribution in [0, 0.1) is 5.92 Å². The second-order valence-corrected chi connectivity index (χ2v) is 10.9. The molecule has 3 aromatic rings. The van der Waals surface area contributed by atoms with E-state index in [1.807, 2.05) is 16.7 Å². The summed E-state index contributed by atoms with van der Waals surface area (Å²) in [6.45, 7) is 1.43. The Balaban J connectivity index is 1.27. The number of nitrogens with one attached hydrogen (secondary N) is 1. The summed E-state index contributed by atoms with van der Waals surface area (Å²) in [6.07, 6.45) is 9.48. The molecular formula is C24H29N6O6P. The molecule has 0 spiro atoms. The van der Waals surface area contributed by atoms with Crippen LogP contribution in [-0.2, 0) is 13.9 Å². The molecule has 1 aromatic carbocycles. The van der Waals surface area contributed by atoms with E-state index in [1.54, 1.807) is 36.7 Å². The van der Waals surface area contributed by atoms with Crippen molar-refractivity contribution in [1.82, 2.24) is 24.6 Å². The number of nitrogen functional groups attached to an aromatic ring is 1. The van der Waals surface area contributed by atoms with Gasteiger partial charge in [0.2, 0.25) is 11.8 Å². The first-order valence-electron chi connectivity index (χ1n) is 12.1. The maximum absolute atomic E-state index is 13.4. The molecule has 1 saturated carbocycles. The van der Waals surface area contributed by atoms with Crippen molar-refractivity contribution in [2.24, 2.45) is 5.92 Å². The van der Waals surface area contributed by atoms with Gasteiger partial charge in [0, 0.05) is 5.92 Å². The summed E-state index contributed by atoms with van der Waals surface area (Å²) in [5.41, 5.74) is 7.09. The number of para-hydroxylation sites is 1. The molecule has 0 amide bonds. The molecule has 0 radical (unpaired) electrons. The highest BCUT2D eigenvalue weighted by Crippen LogP contribution is 2.46. The third-order valence-corrected chi connectivity index (χ3v) is 8.04.